The highest BCUT2D eigenvalue weighted by molar-refractivity contribution is 5.71. The average molecular weight is 1140 g/mol. The van der Waals surface area contributed by atoms with Crippen LogP contribution >= 0.6 is 0 Å². The molecule has 0 fully saturated rings. The molecule has 0 bridgehead atoms. The molecule has 0 N–H and O–H groups in total. The molecule has 0 saturated heterocycles. The van der Waals surface area contributed by atoms with Crippen molar-refractivity contribution in [2.75, 3.05) is 13.2 Å². The Morgan fingerprint density at radius 1 is 0.247 bits per heavy atom. The van der Waals surface area contributed by atoms with Gasteiger partial charge >= 0.3 is 17.9 Å². The fraction of sp³-hybridized carbons (Fsp3) is 0.853. The van der Waals surface area contributed by atoms with Gasteiger partial charge in [0.25, 0.3) is 0 Å². The molecule has 1 atom stereocenters. The molecule has 6 heteroatoms. The molecule has 474 valence electrons. The maximum absolute atomic E-state index is 13.0. The van der Waals surface area contributed by atoms with Gasteiger partial charge < -0.3 is 14.2 Å². The Morgan fingerprint density at radius 2 is 0.444 bits per heavy atom. The Balaban J connectivity index is 4.25. The van der Waals surface area contributed by atoms with Crippen LogP contribution in [0.2, 0.25) is 0 Å². The summed E-state index contributed by atoms with van der Waals surface area (Å²) in [6.07, 6.45) is 88.6. The fourth-order valence-electron chi connectivity index (χ4n) is 10.9. The fourth-order valence-corrected chi connectivity index (χ4v) is 10.9. The molecule has 0 aliphatic carbocycles. The minimum absolute atomic E-state index is 0.0754. The largest absolute Gasteiger partial charge is 0.462 e. The van der Waals surface area contributed by atoms with E-state index in [0.717, 1.165) is 83.5 Å². The summed E-state index contributed by atoms with van der Waals surface area (Å²) in [6.45, 7) is 6.65. The van der Waals surface area contributed by atoms with E-state index in [2.05, 4.69) is 69.4 Å². The summed E-state index contributed by atoms with van der Waals surface area (Å²) in [6, 6.07) is 0. The summed E-state index contributed by atoms with van der Waals surface area (Å²) in [5, 5.41) is 0. The van der Waals surface area contributed by atoms with Crippen molar-refractivity contribution < 1.29 is 28.6 Å². The summed E-state index contributed by atoms with van der Waals surface area (Å²) < 4.78 is 17.0. The molecule has 0 saturated carbocycles. The van der Waals surface area contributed by atoms with Crippen LogP contribution in [0.4, 0.5) is 0 Å². The van der Waals surface area contributed by atoms with Crippen molar-refractivity contribution >= 4 is 17.9 Å². The molecule has 1 unspecified atom stereocenters. The number of allylic oxidation sites excluding steroid dienone is 8. The normalized spacial score (nSPS) is 12.3. The van der Waals surface area contributed by atoms with E-state index in [1.807, 2.05) is 0 Å². The second-order valence-corrected chi connectivity index (χ2v) is 24.5. The van der Waals surface area contributed by atoms with Crippen LogP contribution in [0.1, 0.15) is 393 Å². The number of esters is 3. The molecule has 0 aromatic heterocycles. The molecule has 0 spiro atoms. The molecule has 0 heterocycles. The van der Waals surface area contributed by atoms with Crippen LogP contribution in [-0.4, -0.2) is 37.2 Å². The SMILES string of the molecule is CCCCC/C=C\C/C=C\CCCCCCCCCCCC(=O)OC(COC(=O)CCCCCCC/C=C\C/C=C\CCCCCC)COC(=O)CCCCCCCCCCCCCCCCCCCCCCCCCCCCCC. The Kier molecular flexibility index (Phi) is 67.6. The summed E-state index contributed by atoms with van der Waals surface area (Å²) >= 11 is 0. The van der Waals surface area contributed by atoms with Gasteiger partial charge in [-0.25, -0.2) is 0 Å². The minimum Gasteiger partial charge on any atom is -0.462 e. The summed E-state index contributed by atoms with van der Waals surface area (Å²) in [5.41, 5.74) is 0. The number of rotatable bonds is 67. The average Bonchev–Trinajstić information content (AvgIpc) is 3.47. The highest BCUT2D eigenvalue weighted by atomic mass is 16.6. The number of carbonyl (C=O) groups is 3. The van der Waals surface area contributed by atoms with Gasteiger partial charge in [0, 0.05) is 19.3 Å². The Hall–Kier alpha value is -2.63. The lowest BCUT2D eigenvalue weighted by atomic mass is 10.0. The van der Waals surface area contributed by atoms with Gasteiger partial charge in [-0.05, 0) is 83.5 Å². The van der Waals surface area contributed by atoms with Crippen molar-refractivity contribution in [3.05, 3.63) is 48.6 Å². The molecule has 0 aliphatic rings. The lowest BCUT2D eigenvalue weighted by molar-refractivity contribution is -0.167. The molecule has 81 heavy (non-hydrogen) atoms. The summed E-state index contributed by atoms with van der Waals surface area (Å²) in [4.78, 5) is 38.5. The van der Waals surface area contributed by atoms with Crippen molar-refractivity contribution in [2.24, 2.45) is 0 Å². The van der Waals surface area contributed by atoms with Crippen molar-refractivity contribution in [3.8, 4) is 0 Å². The van der Waals surface area contributed by atoms with E-state index in [-0.39, 0.29) is 31.1 Å². The van der Waals surface area contributed by atoms with Crippen molar-refractivity contribution in [3.63, 3.8) is 0 Å². The standard InChI is InChI=1S/C75H138O6/c1-4-7-10-13-16-19-22-25-28-31-33-34-35-36-37-38-39-40-41-43-44-47-50-53-56-59-62-65-68-74(77)80-71-72(70-79-73(76)67-64-61-58-55-52-49-46-30-27-24-21-18-15-12-9-6-3)81-75(78)69-66-63-60-57-54-51-48-45-42-32-29-26-23-20-17-14-11-8-5-2/h17,20-21,24,26,29-30,46,72H,4-16,18-19,22-23,25,27-28,31-45,47-71H2,1-3H3/b20-17-,24-21-,29-26-,46-30-. The Labute approximate surface area is 505 Å². The maximum Gasteiger partial charge on any atom is 0.306 e. The molecule has 0 aliphatic heterocycles. The van der Waals surface area contributed by atoms with Gasteiger partial charge in [-0.2, -0.15) is 0 Å². The molecule has 0 amide bonds. The van der Waals surface area contributed by atoms with Crippen LogP contribution in [0.15, 0.2) is 48.6 Å². The van der Waals surface area contributed by atoms with E-state index in [0.29, 0.717) is 19.3 Å². The minimum atomic E-state index is -0.781. The zero-order chi connectivity index (χ0) is 58.5. The molecule has 6 nitrogen and oxygen atoms in total. The van der Waals surface area contributed by atoms with Crippen molar-refractivity contribution in [1.29, 1.82) is 0 Å². The first-order valence-corrected chi connectivity index (χ1v) is 36.1. The van der Waals surface area contributed by atoms with E-state index in [9.17, 15) is 14.4 Å². The first-order valence-electron chi connectivity index (χ1n) is 36.1. The molecule has 0 aromatic rings. The molecule has 0 radical (unpaired) electrons. The highest BCUT2D eigenvalue weighted by Gasteiger charge is 2.19. The van der Waals surface area contributed by atoms with Gasteiger partial charge in [-0.1, -0.05) is 339 Å². The van der Waals surface area contributed by atoms with E-state index < -0.39 is 6.10 Å². The summed E-state index contributed by atoms with van der Waals surface area (Å²) in [7, 11) is 0. The van der Waals surface area contributed by atoms with Gasteiger partial charge in [0.15, 0.2) is 6.10 Å². The van der Waals surface area contributed by atoms with Crippen LogP contribution in [0.3, 0.4) is 0 Å². The number of carbonyl (C=O) groups excluding carboxylic acids is 3. The Bertz CT molecular complexity index is 1400. The van der Waals surface area contributed by atoms with Gasteiger partial charge in [0.1, 0.15) is 13.2 Å². The zero-order valence-electron chi connectivity index (χ0n) is 54.6. The maximum atomic E-state index is 13.0. The van der Waals surface area contributed by atoms with Crippen molar-refractivity contribution in [2.45, 2.75) is 399 Å². The monoisotopic (exact) mass is 1140 g/mol. The van der Waals surface area contributed by atoms with Gasteiger partial charge in [-0.3, -0.25) is 14.4 Å². The quantitative estimate of drug-likeness (QED) is 0.0261. The van der Waals surface area contributed by atoms with Crippen LogP contribution in [-0.2, 0) is 28.6 Å². The van der Waals surface area contributed by atoms with E-state index in [1.165, 1.54) is 270 Å². The molecule has 0 aromatic carbocycles. The van der Waals surface area contributed by atoms with Gasteiger partial charge in [0.2, 0.25) is 0 Å². The van der Waals surface area contributed by atoms with Crippen LogP contribution in [0.25, 0.3) is 0 Å². The predicted molar refractivity (Wildman–Crippen MR) is 353 cm³/mol. The van der Waals surface area contributed by atoms with Gasteiger partial charge in [-0.15, -0.1) is 0 Å². The van der Waals surface area contributed by atoms with Crippen LogP contribution in [0, 0.1) is 0 Å². The number of unbranched alkanes of at least 4 members (excludes halogenated alkanes) is 48. The third-order valence-electron chi connectivity index (χ3n) is 16.3. The van der Waals surface area contributed by atoms with Gasteiger partial charge in [0.05, 0.1) is 0 Å². The van der Waals surface area contributed by atoms with E-state index in [1.54, 1.807) is 0 Å². The summed E-state index contributed by atoms with van der Waals surface area (Å²) in [5.74, 6) is -0.868. The predicted octanol–water partition coefficient (Wildman–Crippen LogP) is 24.9. The molecule has 0 rings (SSSR count). The molecular weight excluding hydrogens is 997 g/mol. The third kappa shape index (κ3) is 68.0. The first-order chi connectivity index (χ1) is 40.0. The third-order valence-corrected chi connectivity index (χ3v) is 16.3. The smallest absolute Gasteiger partial charge is 0.306 e. The van der Waals surface area contributed by atoms with Crippen LogP contribution in [0.5, 0.6) is 0 Å². The lowest BCUT2D eigenvalue weighted by Crippen LogP contribution is -2.30. The number of ether oxygens (including phenoxy) is 3. The van der Waals surface area contributed by atoms with Crippen molar-refractivity contribution in [1.82, 2.24) is 0 Å². The number of hydrogen-bond acceptors (Lipinski definition) is 6. The lowest BCUT2D eigenvalue weighted by Gasteiger charge is -2.18. The number of hydrogen-bond donors (Lipinski definition) is 0. The highest BCUT2D eigenvalue weighted by Crippen LogP contribution is 2.19. The topological polar surface area (TPSA) is 78.9 Å². The van der Waals surface area contributed by atoms with E-state index >= 15 is 0 Å². The molecular formula is C75H138O6. The second kappa shape index (κ2) is 69.9. The van der Waals surface area contributed by atoms with E-state index in [4.69, 9.17) is 14.2 Å². The first kappa shape index (κ1) is 78.4. The Morgan fingerprint density at radius 3 is 0.716 bits per heavy atom. The van der Waals surface area contributed by atoms with Crippen LogP contribution < -0.4 is 0 Å². The second-order valence-electron chi connectivity index (χ2n) is 24.5. The zero-order valence-corrected chi connectivity index (χ0v) is 54.6.